The summed E-state index contributed by atoms with van der Waals surface area (Å²) in [6, 6.07) is 14.2. The molecule has 0 unspecified atom stereocenters. The van der Waals surface area contributed by atoms with Gasteiger partial charge < -0.3 is 20.0 Å². The van der Waals surface area contributed by atoms with Crippen LogP contribution in [0.2, 0.25) is 0 Å². The first-order valence-corrected chi connectivity index (χ1v) is 8.06. The van der Waals surface area contributed by atoms with Gasteiger partial charge in [-0.25, -0.2) is 0 Å². The van der Waals surface area contributed by atoms with Crippen LogP contribution in [-0.4, -0.2) is 30.9 Å². The van der Waals surface area contributed by atoms with Crippen LogP contribution in [0.5, 0.6) is 5.75 Å². The lowest BCUT2D eigenvalue weighted by Gasteiger charge is -2.11. The molecule has 0 saturated carbocycles. The van der Waals surface area contributed by atoms with E-state index in [4.69, 9.17) is 9.57 Å². The number of hydrogen-bond donors (Lipinski definition) is 2. The average molecular weight is 354 g/mol. The van der Waals surface area contributed by atoms with E-state index in [-0.39, 0.29) is 18.3 Å². The van der Waals surface area contributed by atoms with Gasteiger partial charge >= 0.3 is 0 Å². The molecule has 6 nitrogen and oxygen atoms in total. The van der Waals surface area contributed by atoms with Gasteiger partial charge in [-0.05, 0) is 24.6 Å². The molecule has 2 N–H and O–H groups in total. The lowest BCUT2D eigenvalue weighted by molar-refractivity contribution is -0.115. The van der Waals surface area contributed by atoms with E-state index in [9.17, 15) is 9.90 Å². The predicted molar refractivity (Wildman–Crippen MR) is 101 cm³/mol. The monoisotopic (exact) mass is 354 g/mol. The second-order valence-corrected chi connectivity index (χ2v) is 5.50. The molecule has 2 rings (SSSR count). The molecule has 0 aliphatic rings. The molecule has 2 aromatic rings. The van der Waals surface area contributed by atoms with Crippen LogP contribution in [0.3, 0.4) is 0 Å². The Labute approximate surface area is 152 Å². The normalized spacial score (nSPS) is 11.8. The number of carbonyl (C=O) groups is 1. The Morgan fingerprint density at radius 2 is 2.00 bits per heavy atom. The van der Waals surface area contributed by atoms with Gasteiger partial charge in [0.15, 0.2) is 0 Å². The van der Waals surface area contributed by atoms with Gasteiger partial charge in [0, 0.05) is 18.2 Å². The van der Waals surface area contributed by atoms with Gasteiger partial charge in [-0.1, -0.05) is 41.6 Å². The number of benzene rings is 2. The number of nitrogens with zero attached hydrogens (tertiary/aromatic N) is 1. The van der Waals surface area contributed by atoms with Crippen LogP contribution in [0.15, 0.2) is 59.9 Å². The number of carbonyl (C=O) groups excluding carboxylic acids is 1. The second-order valence-electron chi connectivity index (χ2n) is 5.50. The van der Waals surface area contributed by atoms with Gasteiger partial charge in [-0.15, -0.1) is 0 Å². The minimum absolute atomic E-state index is 0.169. The number of aromatic hydroxyl groups is 1. The van der Waals surface area contributed by atoms with E-state index < -0.39 is 0 Å². The summed E-state index contributed by atoms with van der Waals surface area (Å²) in [5.41, 5.74) is 3.31. The van der Waals surface area contributed by atoms with Crippen molar-refractivity contribution in [2.75, 3.05) is 14.2 Å². The SMILES string of the molecule is CNC(=O)C(=COC)c1ccccc1CON=C(C)c1cccc(O)c1. The molecule has 0 heterocycles. The largest absolute Gasteiger partial charge is 0.508 e. The molecule has 0 spiro atoms. The number of likely N-dealkylation sites (N-methyl/N-ethyl adjacent to an activating group) is 1. The van der Waals surface area contributed by atoms with E-state index in [1.807, 2.05) is 30.3 Å². The standard InChI is InChI=1S/C20H22N2O4/c1-14(15-8-6-9-17(23)11-15)22-26-12-16-7-4-5-10-18(16)19(13-25-3)20(24)21-2/h4-11,13,23H,12H2,1-3H3,(H,21,24). The van der Waals surface area contributed by atoms with Crippen molar-refractivity contribution >= 4 is 17.2 Å². The number of phenols is 1. The molecule has 2 aromatic carbocycles. The summed E-state index contributed by atoms with van der Waals surface area (Å²) in [5.74, 6) is -0.0824. The molecule has 0 aliphatic carbocycles. The third-order valence-corrected chi connectivity index (χ3v) is 3.70. The van der Waals surface area contributed by atoms with E-state index in [1.54, 1.807) is 32.2 Å². The number of hydrogen-bond acceptors (Lipinski definition) is 5. The van der Waals surface area contributed by atoms with Crippen molar-refractivity contribution in [1.82, 2.24) is 5.32 Å². The Morgan fingerprint density at radius 1 is 1.23 bits per heavy atom. The molecule has 1 amide bonds. The van der Waals surface area contributed by atoms with Gasteiger partial charge in [0.1, 0.15) is 12.4 Å². The summed E-state index contributed by atoms with van der Waals surface area (Å²) in [5, 5.41) is 16.2. The number of nitrogens with one attached hydrogen (secondary N) is 1. The zero-order chi connectivity index (χ0) is 18.9. The fourth-order valence-corrected chi connectivity index (χ4v) is 2.38. The zero-order valence-corrected chi connectivity index (χ0v) is 15.0. The lowest BCUT2D eigenvalue weighted by atomic mass is 10.0. The predicted octanol–water partition coefficient (Wildman–Crippen LogP) is 3.07. The van der Waals surface area contributed by atoms with Gasteiger partial charge in [0.05, 0.1) is 24.7 Å². The zero-order valence-electron chi connectivity index (χ0n) is 15.0. The van der Waals surface area contributed by atoms with Crippen molar-refractivity contribution in [2.45, 2.75) is 13.5 Å². The van der Waals surface area contributed by atoms with Gasteiger partial charge in [-0.3, -0.25) is 4.79 Å². The van der Waals surface area contributed by atoms with Crippen LogP contribution in [0.4, 0.5) is 0 Å². The van der Waals surface area contributed by atoms with Crippen LogP contribution in [-0.2, 0) is 21.0 Å². The number of methoxy groups -OCH3 is 1. The van der Waals surface area contributed by atoms with E-state index in [0.717, 1.165) is 11.1 Å². The van der Waals surface area contributed by atoms with Crippen LogP contribution in [0.1, 0.15) is 23.6 Å². The van der Waals surface area contributed by atoms with Gasteiger partial charge in [-0.2, -0.15) is 0 Å². The number of oxime groups is 1. The maximum atomic E-state index is 12.1. The Kier molecular flexibility index (Phi) is 6.79. The molecule has 0 aliphatic heterocycles. The van der Waals surface area contributed by atoms with Crippen molar-refractivity contribution in [2.24, 2.45) is 5.16 Å². The van der Waals surface area contributed by atoms with Crippen molar-refractivity contribution < 1.29 is 19.5 Å². The van der Waals surface area contributed by atoms with E-state index in [1.165, 1.54) is 13.4 Å². The number of ether oxygens (including phenoxy) is 1. The molecule has 0 saturated heterocycles. The molecule has 0 aromatic heterocycles. The highest BCUT2D eigenvalue weighted by Gasteiger charge is 2.15. The Balaban J connectivity index is 2.19. The fraction of sp³-hybridized carbons (Fsp3) is 0.200. The molecule has 0 bridgehead atoms. The molecule has 6 heteroatoms. The molecular weight excluding hydrogens is 332 g/mol. The Bertz CT molecular complexity index is 828. The highest BCUT2D eigenvalue weighted by molar-refractivity contribution is 6.19. The van der Waals surface area contributed by atoms with Crippen LogP contribution < -0.4 is 5.32 Å². The molecule has 0 radical (unpaired) electrons. The Morgan fingerprint density at radius 3 is 2.69 bits per heavy atom. The van der Waals surface area contributed by atoms with Crippen LogP contribution in [0, 0.1) is 0 Å². The molecular formula is C20H22N2O4. The fourth-order valence-electron chi connectivity index (χ4n) is 2.38. The minimum Gasteiger partial charge on any atom is -0.508 e. The lowest BCUT2D eigenvalue weighted by Crippen LogP contribution is -2.20. The first-order valence-electron chi connectivity index (χ1n) is 8.06. The van der Waals surface area contributed by atoms with Gasteiger partial charge in [0.2, 0.25) is 0 Å². The van der Waals surface area contributed by atoms with Crippen molar-refractivity contribution in [3.05, 3.63) is 71.5 Å². The van der Waals surface area contributed by atoms with Crippen molar-refractivity contribution in [3.63, 3.8) is 0 Å². The van der Waals surface area contributed by atoms with Crippen molar-refractivity contribution in [1.29, 1.82) is 0 Å². The van der Waals surface area contributed by atoms with Gasteiger partial charge in [0.25, 0.3) is 5.91 Å². The summed E-state index contributed by atoms with van der Waals surface area (Å²) in [4.78, 5) is 17.6. The maximum Gasteiger partial charge on any atom is 0.254 e. The summed E-state index contributed by atoms with van der Waals surface area (Å²) in [7, 11) is 3.05. The molecule has 0 fully saturated rings. The topological polar surface area (TPSA) is 80.2 Å². The Hall–Kier alpha value is -3.28. The highest BCUT2D eigenvalue weighted by atomic mass is 16.6. The van der Waals surface area contributed by atoms with Crippen molar-refractivity contribution in [3.8, 4) is 5.75 Å². The first-order chi connectivity index (χ1) is 12.6. The third kappa shape index (κ3) is 4.86. The van der Waals surface area contributed by atoms with E-state index >= 15 is 0 Å². The maximum absolute atomic E-state index is 12.1. The second kappa shape index (κ2) is 9.27. The van der Waals surface area contributed by atoms with Crippen LogP contribution >= 0.6 is 0 Å². The summed E-state index contributed by atoms with van der Waals surface area (Å²) < 4.78 is 5.03. The smallest absolute Gasteiger partial charge is 0.254 e. The molecule has 0 atom stereocenters. The number of amides is 1. The molecule has 136 valence electrons. The van der Waals surface area contributed by atoms with Crippen LogP contribution in [0.25, 0.3) is 5.57 Å². The summed E-state index contributed by atoms with van der Waals surface area (Å²) in [6.07, 6.45) is 1.40. The third-order valence-electron chi connectivity index (χ3n) is 3.70. The summed E-state index contributed by atoms with van der Waals surface area (Å²) >= 11 is 0. The number of phenolic OH excluding ortho intramolecular Hbond substituents is 1. The first kappa shape index (κ1) is 19.1. The minimum atomic E-state index is -0.251. The highest BCUT2D eigenvalue weighted by Crippen LogP contribution is 2.21. The van der Waals surface area contributed by atoms with E-state index in [0.29, 0.717) is 16.8 Å². The number of rotatable bonds is 7. The van der Waals surface area contributed by atoms with E-state index in [2.05, 4.69) is 10.5 Å². The average Bonchev–Trinajstić information content (AvgIpc) is 2.66. The quantitative estimate of drug-likeness (QED) is 0.347. The summed E-state index contributed by atoms with van der Waals surface area (Å²) in [6.45, 7) is 1.98. The molecule has 26 heavy (non-hydrogen) atoms.